The summed E-state index contributed by atoms with van der Waals surface area (Å²) in [5.41, 5.74) is 5.16. The summed E-state index contributed by atoms with van der Waals surface area (Å²) in [6.07, 6.45) is 4.49. The molecule has 0 heterocycles. The van der Waals surface area contributed by atoms with E-state index in [1.165, 1.54) is 16.7 Å². The number of benzene rings is 2. The molecule has 5 heteroatoms. The Morgan fingerprint density at radius 2 is 1.85 bits per heavy atom. The van der Waals surface area contributed by atoms with Gasteiger partial charge in [-0.15, -0.1) is 0 Å². The molecule has 27 heavy (non-hydrogen) atoms. The number of primary sulfonamides is 1. The minimum absolute atomic E-state index is 0.235. The van der Waals surface area contributed by atoms with Gasteiger partial charge in [0.15, 0.2) is 0 Å². The molecule has 3 unspecified atom stereocenters. The monoisotopic (exact) mass is 384 g/mol. The predicted octanol–water partition coefficient (Wildman–Crippen LogP) is 2.77. The van der Waals surface area contributed by atoms with Crippen LogP contribution in [0.4, 0.5) is 0 Å². The molecule has 144 valence electrons. The van der Waals surface area contributed by atoms with E-state index in [0.29, 0.717) is 18.4 Å². The van der Waals surface area contributed by atoms with Crippen molar-refractivity contribution in [2.24, 2.45) is 11.1 Å². The number of nitrogens with one attached hydrogen (secondary N) is 1. The SMILES string of the molecule is CNC1Cc2ccc(CC(C3CC3)S(N)(=O)=O)cc2C1Cc1ccccc1. The molecular formula is C22H28N2O2S. The average Bonchev–Trinajstić information content (AvgIpc) is 3.42. The summed E-state index contributed by atoms with van der Waals surface area (Å²) in [6, 6.07) is 17.5. The van der Waals surface area contributed by atoms with E-state index in [2.05, 4.69) is 47.8 Å². The second-order valence-corrected chi connectivity index (χ2v) is 9.88. The van der Waals surface area contributed by atoms with Gasteiger partial charge in [0.1, 0.15) is 0 Å². The van der Waals surface area contributed by atoms with E-state index in [1.54, 1.807) is 0 Å². The van der Waals surface area contributed by atoms with Crippen LogP contribution in [0.3, 0.4) is 0 Å². The normalized spacial score (nSPS) is 23.2. The van der Waals surface area contributed by atoms with E-state index in [9.17, 15) is 8.42 Å². The van der Waals surface area contributed by atoms with Crippen molar-refractivity contribution >= 4 is 10.0 Å². The molecule has 2 aromatic rings. The van der Waals surface area contributed by atoms with Crippen LogP contribution in [0, 0.1) is 5.92 Å². The summed E-state index contributed by atoms with van der Waals surface area (Å²) in [7, 11) is -1.48. The maximum Gasteiger partial charge on any atom is 0.212 e. The third-order valence-electron chi connectivity index (χ3n) is 6.21. The highest BCUT2D eigenvalue weighted by atomic mass is 32.2. The minimum atomic E-state index is -3.50. The molecular weight excluding hydrogens is 356 g/mol. The first kappa shape index (κ1) is 18.7. The molecule has 1 saturated carbocycles. The van der Waals surface area contributed by atoms with Crippen LogP contribution in [0.2, 0.25) is 0 Å². The van der Waals surface area contributed by atoms with Crippen LogP contribution < -0.4 is 10.5 Å². The Bertz CT molecular complexity index is 907. The smallest absolute Gasteiger partial charge is 0.212 e. The van der Waals surface area contributed by atoms with Crippen LogP contribution >= 0.6 is 0 Å². The molecule has 3 N–H and O–H groups in total. The Kier molecular flexibility index (Phi) is 5.10. The van der Waals surface area contributed by atoms with Crippen molar-refractivity contribution in [3.63, 3.8) is 0 Å². The van der Waals surface area contributed by atoms with Crippen LogP contribution in [-0.4, -0.2) is 26.8 Å². The lowest BCUT2D eigenvalue weighted by molar-refractivity contribution is 0.491. The number of fused-ring (bicyclic) bond motifs is 1. The number of nitrogens with two attached hydrogens (primary N) is 1. The van der Waals surface area contributed by atoms with Crippen LogP contribution in [0.25, 0.3) is 0 Å². The standard InChI is InChI=1S/C22H28N2O2S/c1-24-21-14-18-8-7-16(13-22(17-9-10-17)27(23,25)26)12-19(18)20(21)11-15-5-3-2-4-6-15/h2-8,12,17,20-22,24H,9-11,13-14H2,1H3,(H2,23,25,26). The van der Waals surface area contributed by atoms with Crippen LogP contribution in [0.1, 0.15) is 41.0 Å². The van der Waals surface area contributed by atoms with Crippen molar-refractivity contribution in [2.75, 3.05) is 7.05 Å². The van der Waals surface area contributed by atoms with Gasteiger partial charge in [-0.2, -0.15) is 0 Å². The first-order valence-electron chi connectivity index (χ1n) is 9.80. The van der Waals surface area contributed by atoms with E-state index in [4.69, 9.17) is 5.14 Å². The zero-order valence-corrected chi connectivity index (χ0v) is 16.6. The van der Waals surface area contributed by atoms with Gasteiger partial charge < -0.3 is 5.32 Å². The molecule has 0 bridgehead atoms. The van der Waals surface area contributed by atoms with Crippen LogP contribution in [0.5, 0.6) is 0 Å². The van der Waals surface area contributed by atoms with Gasteiger partial charge in [-0.3, -0.25) is 0 Å². The Morgan fingerprint density at radius 1 is 1.11 bits per heavy atom. The number of sulfonamides is 1. The molecule has 0 aromatic heterocycles. The van der Waals surface area contributed by atoms with Crippen molar-refractivity contribution in [1.82, 2.24) is 5.32 Å². The average molecular weight is 385 g/mol. The van der Waals surface area contributed by atoms with Gasteiger partial charge >= 0.3 is 0 Å². The lowest BCUT2D eigenvalue weighted by atomic mass is 9.89. The van der Waals surface area contributed by atoms with Gasteiger partial charge in [-0.05, 0) is 67.3 Å². The summed E-state index contributed by atoms with van der Waals surface area (Å²) >= 11 is 0. The van der Waals surface area contributed by atoms with Gasteiger partial charge in [0.2, 0.25) is 10.0 Å². The molecule has 3 atom stereocenters. The van der Waals surface area contributed by atoms with Crippen molar-refractivity contribution < 1.29 is 8.42 Å². The summed E-state index contributed by atoms with van der Waals surface area (Å²) in [5.74, 6) is 0.639. The van der Waals surface area contributed by atoms with E-state index >= 15 is 0 Å². The first-order chi connectivity index (χ1) is 13.0. The van der Waals surface area contributed by atoms with E-state index in [0.717, 1.165) is 31.2 Å². The number of hydrogen-bond acceptors (Lipinski definition) is 3. The lowest BCUT2D eigenvalue weighted by Crippen LogP contribution is -2.32. The summed E-state index contributed by atoms with van der Waals surface area (Å²) in [5, 5.41) is 8.55. The zero-order valence-electron chi connectivity index (χ0n) is 15.8. The Balaban J connectivity index is 1.61. The molecule has 0 spiro atoms. The maximum atomic E-state index is 12.0. The highest BCUT2D eigenvalue weighted by Gasteiger charge is 2.39. The van der Waals surface area contributed by atoms with E-state index in [1.807, 2.05) is 13.1 Å². The molecule has 4 nitrogen and oxygen atoms in total. The van der Waals surface area contributed by atoms with Gasteiger partial charge in [0.25, 0.3) is 0 Å². The largest absolute Gasteiger partial charge is 0.316 e. The number of rotatable bonds is 7. The summed E-state index contributed by atoms with van der Waals surface area (Å²) < 4.78 is 24.0. The van der Waals surface area contributed by atoms with Crippen molar-refractivity contribution in [1.29, 1.82) is 0 Å². The minimum Gasteiger partial charge on any atom is -0.316 e. The highest BCUT2D eigenvalue weighted by molar-refractivity contribution is 7.89. The molecule has 2 aromatic carbocycles. The summed E-state index contributed by atoms with van der Waals surface area (Å²) in [6.45, 7) is 0. The zero-order chi connectivity index (χ0) is 19.0. The number of likely N-dealkylation sites (N-methyl/N-ethyl adjacent to an activating group) is 1. The first-order valence-corrected chi connectivity index (χ1v) is 11.4. The molecule has 0 saturated heterocycles. The Hall–Kier alpha value is -1.69. The maximum absolute atomic E-state index is 12.0. The molecule has 0 aliphatic heterocycles. The highest BCUT2D eigenvalue weighted by Crippen LogP contribution is 2.39. The van der Waals surface area contributed by atoms with E-state index < -0.39 is 15.3 Å². The Morgan fingerprint density at radius 3 is 2.48 bits per heavy atom. The van der Waals surface area contributed by atoms with Gasteiger partial charge in [-0.1, -0.05) is 48.5 Å². The van der Waals surface area contributed by atoms with Gasteiger partial charge in [-0.25, -0.2) is 13.6 Å². The van der Waals surface area contributed by atoms with E-state index in [-0.39, 0.29) is 5.92 Å². The lowest BCUT2D eigenvalue weighted by Gasteiger charge is -2.21. The van der Waals surface area contributed by atoms with Crippen molar-refractivity contribution in [3.8, 4) is 0 Å². The van der Waals surface area contributed by atoms with Crippen molar-refractivity contribution in [2.45, 2.75) is 49.3 Å². The predicted molar refractivity (Wildman–Crippen MR) is 109 cm³/mol. The molecule has 0 radical (unpaired) electrons. The Labute approximate surface area is 162 Å². The second-order valence-electron chi connectivity index (χ2n) is 8.10. The third kappa shape index (κ3) is 4.10. The molecule has 1 fully saturated rings. The summed E-state index contributed by atoms with van der Waals surface area (Å²) in [4.78, 5) is 0. The topological polar surface area (TPSA) is 72.2 Å². The van der Waals surface area contributed by atoms with Gasteiger partial charge in [0.05, 0.1) is 5.25 Å². The molecule has 4 rings (SSSR count). The second kappa shape index (κ2) is 7.38. The number of hydrogen-bond donors (Lipinski definition) is 2. The third-order valence-corrected chi connectivity index (χ3v) is 7.61. The van der Waals surface area contributed by atoms with Crippen molar-refractivity contribution in [3.05, 3.63) is 70.8 Å². The quantitative estimate of drug-likeness (QED) is 0.771. The molecule has 2 aliphatic carbocycles. The van der Waals surface area contributed by atoms with Crippen LogP contribution in [-0.2, 0) is 29.3 Å². The fraction of sp³-hybridized carbons (Fsp3) is 0.455. The van der Waals surface area contributed by atoms with Crippen LogP contribution in [0.15, 0.2) is 48.5 Å². The fourth-order valence-corrected chi connectivity index (χ4v) is 5.81. The van der Waals surface area contributed by atoms with Gasteiger partial charge in [0, 0.05) is 12.0 Å². The molecule has 0 amide bonds. The fourth-order valence-electron chi connectivity index (χ4n) is 4.57. The molecule has 2 aliphatic rings.